The van der Waals surface area contributed by atoms with E-state index in [0.717, 1.165) is 19.4 Å². The number of hydrogen-bond acceptors (Lipinski definition) is 2. The summed E-state index contributed by atoms with van der Waals surface area (Å²) in [6.07, 6.45) is 5.68. The Labute approximate surface area is 136 Å². The van der Waals surface area contributed by atoms with Crippen LogP contribution in [0.15, 0.2) is 42.5 Å². The predicted molar refractivity (Wildman–Crippen MR) is 91.3 cm³/mol. The lowest BCUT2D eigenvalue weighted by Gasteiger charge is -2.33. The average molecular weight is 309 g/mol. The molecule has 3 unspecified atom stereocenters. The molecule has 120 valence electrons. The van der Waals surface area contributed by atoms with Crippen LogP contribution in [0.5, 0.6) is 0 Å². The second-order valence-corrected chi connectivity index (χ2v) is 7.06. The Balaban J connectivity index is 1.62. The van der Waals surface area contributed by atoms with Crippen LogP contribution in [0.25, 0.3) is 10.8 Å². The molecule has 3 atom stereocenters. The first-order chi connectivity index (χ1) is 11.2. The van der Waals surface area contributed by atoms with Gasteiger partial charge in [-0.3, -0.25) is 9.69 Å². The van der Waals surface area contributed by atoms with Gasteiger partial charge in [-0.15, -0.1) is 0 Å². The van der Waals surface area contributed by atoms with Crippen LogP contribution in [-0.2, 0) is 11.3 Å². The molecule has 2 aromatic rings. The van der Waals surface area contributed by atoms with Gasteiger partial charge in [-0.25, -0.2) is 0 Å². The van der Waals surface area contributed by atoms with Gasteiger partial charge in [-0.05, 0) is 47.6 Å². The van der Waals surface area contributed by atoms with Crippen LogP contribution in [0.4, 0.5) is 0 Å². The summed E-state index contributed by atoms with van der Waals surface area (Å²) in [5.41, 5.74) is 1.22. The molecule has 0 aromatic heterocycles. The summed E-state index contributed by atoms with van der Waals surface area (Å²) in [6.45, 7) is 0.753. The molecule has 2 fully saturated rings. The molecule has 1 aliphatic heterocycles. The molecule has 3 heteroatoms. The number of likely N-dealkylation sites (tertiary alicyclic amines) is 1. The van der Waals surface area contributed by atoms with Gasteiger partial charge >= 0.3 is 5.97 Å². The number of hydrogen-bond donors (Lipinski definition) is 1. The standard InChI is InChI=1S/C20H23NO2/c22-20(23)19-12-17-7-3-4-8-18(17)21(19)13-14-9-10-15-5-1-2-6-16(15)11-14/h1-2,5-6,9-11,17-19H,3-4,7-8,12-13H2,(H,22,23). The molecule has 1 aliphatic carbocycles. The highest BCUT2D eigenvalue weighted by molar-refractivity contribution is 5.83. The summed E-state index contributed by atoms with van der Waals surface area (Å²) in [4.78, 5) is 14.0. The zero-order valence-electron chi connectivity index (χ0n) is 13.3. The number of carboxylic acid groups (broad SMARTS) is 1. The molecule has 0 radical (unpaired) electrons. The molecular formula is C20H23NO2. The molecule has 4 rings (SSSR count). The van der Waals surface area contributed by atoms with Crippen molar-refractivity contribution in [2.45, 2.75) is 50.7 Å². The monoisotopic (exact) mass is 309 g/mol. The Morgan fingerprint density at radius 2 is 1.87 bits per heavy atom. The number of benzene rings is 2. The van der Waals surface area contributed by atoms with E-state index in [1.807, 2.05) is 0 Å². The van der Waals surface area contributed by atoms with E-state index < -0.39 is 5.97 Å². The third-order valence-electron chi connectivity index (χ3n) is 5.69. The van der Waals surface area contributed by atoms with Gasteiger partial charge < -0.3 is 5.11 Å². The fraction of sp³-hybridized carbons (Fsp3) is 0.450. The number of fused-ring (bicyclic) bond motifs is 2. The molecule has 3 nitrogen and oxygen atoms in total. The zero-order chi connectivity index (χ0) is 15.8. The minimum Gasteiger partial charge on any atom is -0.480 e. The van der Waals surface area contributed by atoms with Crippen molar-refractivity contribution in [3.63, 3.8) is 0 Å². The summed E-state index contributed by atoms with van der Waals surface area (Å²) in [5.74, 6) is -0.0782. The van der Waals surface area contributed by atoms with Crippen molar-refractivity contribution in [1.82, 2.24) is 4.90 Å². The molecule has 0 amide bonds. The molecular weight excluding hydrogens is 286 g/mol. The van der Waals surface area contributed by atoms with E-state index in [0.29, 0.717) is 12.0 Å². The first-order valence-electron chi connectivity index (χ1n) is 8.68. The van der Waals surface area contributed by atoms with Gasteiger partial charge in [-0.2, -0.15) is 0 Å². The Bertz CT molecular complexity index is 726. The van der Waals surface area contributed by atoms with E-state index >= 15 is 0 Å². The Morgan fingerprint density at radius 1 is 1.09 bits per heavy atom. The molecule has 1 heterocycles. The van der Waals surface area contributed by atoms with Crippen LogP contribution < -0.4 is 0 Å². The van der Waals surface area contributed by atoms with Crippen LogP contribution >= 0.6 is 0 Å². The second kappa shape index (κ2) is 5.97. The van der Waals surface area contributed by atoms with Crippen molar-refractivity contribution in [2.24, 2.45) is 5.92 Å². The SMILES string of the molecule is O=C(O)C1CC2CCCCC2N1Cc1ccc2ccccc2c1. The number of carbonyl (C=O) groups is 1. The summed E-state index contributed by atoms with van der Waals surface area (Å²) in [7, 11) is 0. The molecule has 1 N–H and O–H groups in total. The highest BCUT2D eigenvalue weighted by Gasteiger charge is 2.44. The van der Waals surface area contributed by atoms with Crippen molar-refractivity contribution in [2.75, 3.05) is 0 Å². The molecule has 2 aliphatic rings. The highest BCUT2D eigenvalue weighted by atomic mass is 16.4. The van der Waals surface area contributed by atoms with Gasteiger partial charge in [0.1, 0.15) is 6.04 Å². The maximum Gasteiger partial charge on any atom is 0.320 e. The van der Waals surface area contributed by atoms with Gasteiger partial charge in [0.25, 0.3) is 0 Å². The van der Waals surface area contributed by atoms with Crippen molar-refractivity contribution in [3.8, 4) is 0 Å². The zero-order valence-corrected chi connectivity index (χ0v) is 13.3. The molecule has 2 aromatic carbocycles. The number of carboxylic acids is 1. The minimum atomic E-state index is -0.653. The third-order valence-corrected chi connectivity index (χ3v) is 5.69. The normalized spacial score (nSPS) is 27.9. The van der Waals surface area contributed by atoms with Gasteiger partial charge in [0, 0.05) is 12.6 Å². The summed E-state index contributed by atoms with van der Waals surface area (Å²) in [6, 6.07) is 15.0. The highest BCUT2D eigenvalue weighted by Crippen LogP contribution is 2.40. The lowest BCUT2D eigenvalue weighted by molar-refractivity contribution is -0.142. The quantitative estimate of drug-likeness (QED) is 0.929. The lowest BCUT2D eigenvalue weighted by atomic mass is 9.84. The molecule has 1 saturated heterocycles. The topological polar surface area (TPSA) is 40.5 Å². The first kappa shape index (κ1) is 14.7. The van der Waals surface area contributed by atoms with Crippen LogP contribution in [0.3, 0.4) is 0 Å². The van der Waals surface area contributed by atoms with E-state index in [2.05, 4.69) is 47.4 Å². The van der Waals surface area contributed by atoms with Crippen molar-refractivity contribution in [3.05, 3.63) is 48.0 Å². The van der Waals surface area contributed by atoms with Crippen LogP contribution in [-0.4, -0.2) is 28.1 Å². The lowest BCUT2D eigenvalue weighted by Crippen LogP contribution is -2.41. The Morgan fingerprint density at radius 3 is 2.70 bits per heavy atom. The van der Waals surface area contributed by atoms with Gasteiger partial charge in [-0.1, -0.05) is 49.2 Å². The maximum atomic E-state index is 11.7. The van der Waals surface area contributed by atoms with E-state index in [-0.39, 0.29) is 6.04 Å². The minimum absolute atomic E-state index is 0.311. The number of rotatable bonds is 3. The predicted octanol–water partition coefficient (Wildman–Crippen LogP) is 4.06. The first-order valence-corrected chi connectivity index (χ1v) is 8.68. The Kier molecular flexibility index (Phi) is 3.82. The van der Waals surface area contributed by atoms with Crippen LogP contribution in [0.2, 0.25) is 0 Å². The largest absolute Gasteiger partial charge is 0.480 e. The summed E-state index contributed by atoms with van der Waals surface area (Å²) < 4.78 is 0. The van der Waals surface area contributed by atoms with Crippen LogP contribution in [0.1, 0.15) is 37.7 Å². The third kappa shape index (κ3) is 2.74. The van der Waals surface area contributed by atoms with Gasteiger partial charge in [0.05, 0.1) is 0 Å². The number of aliphatic carboxylic acids is 1. The average Bonchev–Trinajstić information content (AvgIpc) is 2.94. The van der Waals surface area contributed by atoms with Crippen LogP contribution in [0, 0.1) is 5.92 Å². The van der Waals surface area contributed by atoms with Gasteiger partial charge in [0.15, 0.2) is 0 Å². The Hall–Kier alpha value is -1.87. The molecule has 0 spiro atoms. The number of nitrogens with zero attached hydrogens (tertiary/aromatic N) is 1. The van der Waals surface area contributed by atoms with Crippen molar-refractivity contribution < 1.29 is 9.90 Å². The van der Waals surface area contributed by atoms with Gasteiger partial charge in [0.2, 0.25) is 0 Å². The fourth-order valence-corrected chi connectivity index (χ4v) is 4.57. The summed E-state index contributed by atoms with van der Waals surface area (Å²) >= 11 is 0. The second-order valence-electron chi connectivity index (χ2n) is 7.06. The molecule has 23 heavy (non-hydrogen) atoms. The summed E-state index contributed by atoms with van der Waals surface area (Å²) in [5, 5.41) is 12.1. The van der Waals surface area contributed by atoms with Crippen molar-refractivity contribution >= 4 is 16.7 Å². The molecule has 0 bridgehead atoms. The van der Waals surface area contributed by atoms with E-state index in [1.165, 1.54) is 35.6 Å². The van der Waals surface area contributed by atoms with E-state index in [4.69, 9.17) is 0 Å². The fourth-order valence-electron chi connectivity index (χ4n) is 4.57. The molecule has 1 saturated carbocycles. The van der Waals surface area contributed by atoms with E-state index in [1.54, 1.807) is 0 Å². The smallest absolute Gasteiger partial charge is 0.320 e. The van der Waals surface area contributed by atoms with Crippen molar-refractivity contribution in [1.29, 1.82) is 0 Å². The maximum absolute atomic E-state index is 11.7. The van der Waals surface area contributed by atoms with E-state index in [9.17, 15) is 9.90 Å².